The highest BCUT2D eigenvalue weighted by Gasteiger charge is 2.50. The Morgan fingerprint density at radius 1 is 1.04 bits per heavy atom. The van der Waals surface area contributed by atoms with E-state index in [1.807, 2.05) is 23.6 Å². The SMILES string of the molecule is CC.CCN(CC)CCC(=O)N1CCCC1.NC(=O)c1cc2cc(C(F)(F)P(=O)(O)O)ccc2s1.O=CN1CC(C(=O)N2CCOCC2)C1. The molecule has 4 amide bonds. The summed E-state index contributed by atoms with van der Waals surface area (Å²) < 4.78 is 43.5. The van der Waals surface area contributed by atoms with Gasteiger partial charge in [-0.2, -0.15) is 8.78 Å². The lowest BCUT2D eigenvalue weighted by molar-refractivity contribution is -0.147. The van der Waals surface area contributed by atoms with Crippen molar-refractivity contribution in [3.05, 3.63) is 34.7 Å². The minimum atomic E-state index is -5.60. The third-order valence-electron chi connectivity index (χ3n) is 8.20. The van der Waals surface area contributed by atoms with Gasteiger partial charge in [-0.25, -0.2) is 0 Å². The molecule has 0 spiro atoms. The molecular formula is C32H50F2N5O8PS. The summed E-state index contributed by atoms with van der Waals surface area (Å²) >= 11 is 1.02. The number of nitrogens with two attached hydrogens (primary N) is 1. The normalized spacial score (nSPS) is 16.5. The van der Waals surface area contributed by atoms with E-state index in [9.17, 15) is 32.5 Å². The van der Waals surface area contributed by atoms with Crippen LogP contribution in [0.2, 0.25) is 0 Å². The zero-order valence-corrected chi connectivity index (χ0v) is 30.4. The standard InChI is InChI=1S/C11H22N2O.C10H8F2NO4PS.C9H14N2O3.C2H6/c1-3-12(4-2)10-7-11(14)13-8-5-6-9-13;11-10(12,18(15,16)17)6-1-2-7-5(3-6)4-8(19-7)9(13)14;12-7-10-5-8(6-10)9(13)11-1-3-14-4-2-11;1-2/h3-10H2,1-2H3;1-4H,(H2,13,14)(H2,15,16,17);7-8H,1-6H2;1-2H3. The number of thiophene rings is 1. The second-order valence-corrected chi connectivity index (χ2v) is 14.1. The number of nitrogens with zero attached hydrogens (tertiary/aromatic N) is 4. The summed E-state index contributed by atoms with van der Waals surface area (Å²) in [5.41, 5.74) is -0.00188. The molecule has 3 aliphatic rings. The number of halogens is 2. The third-order valence-corrected chi connectivity index (χ3v) is 10.3. The molecular weight excluding hydrogens is 683 g/mol. The van der Waals surface area contributed by atoms with Gasteiger partial charge in [0.2, 0.25) is 18.2 Å². The fraction of sp³-hybridized carbons (Fsp3) is 0.625. The van der Waals surface area contributed by atoms with Gasteiger partial charge in [0, 0.05) is 62.5 Å². The van der Waals surface area contributed by atoms with Crippen LogP contribution in [-0.2, 0) is 29.3 Å². The summed E-state index contributed by atoms with van der Waals surface area (Å²) in [6.07, 6.45) is 3.87. The largest absolute Gasteiger partial charge is 0.399 e. The lowest BCUT2D eigenvalue weighted by Gasteiger charge is -2.39. The number of carbonyl (C=O) groups is 4. The third kappa shape index (κ3) is 12.1. The molecule has 5 rings (SSSR count). The molecule has 4 N–H and O–H groups in total. The summed E-state index contributed by atoms with van der Waals surface area (Å²) in [7, 11) is -5.60. The Labute approximate surface area is 290 Å². The number of hydrogen-bond acceptors (Lipinski definition) is 8. The predicted octanol–water partition coefficient (Wildman–Crippen LogP) is 3.53. The Morgan fingerprint density at radius 3 is 2.14 bits per heavy atom. The quantitative estimate of drug-likeness (QED) is 0.244. The summed E-state index contributed by atoms with van der Waals surface area (Å²) in [4.78, 5) is 70.0. The molecule has 0 bridgehead atoms. The monoisotopic (exact) mass is 733 g/mol. The average molecular weight is 734 g/mol. The molecule has 17 heteroatoms. The Balaban J connectivity index is 0.000000253. The number of carbonyl (C=O) groups excluding carboxylic acids is 4. The van der Waals surface area contributed by atoms with E-state index in [0.717, 1.165) is 62.6 Å². The molecule has 49 heavy (non-hydrogen) atoms. The maximum Gasteiger partial charge on any atom is 0.399 e. The van der Waals surface area contributed by atoms with E-state index < -0.39 is 24.7 Å². The Hall–Kier alpha value is -3.01. The Kier molecular flexibility index (Phi) is 17.2. The van der Waals surface area contributed by atoms with Gasteiger partial charge in [0.1, 0.15) is 0 Å². The summed E-state index contributed by atoms with van der Waals surface area (Å²) in [6, 6.07) is 4.44. The first-order chi connectivity index (χ1) is 23.2. The van der Waals surface area contributed by atoms with Crippen molar-refractivity contribution in [2.45, 2.75) is 52.6 Å². The molecule has 4 heterocycles. The van der Waals surface area contributed by atoms with Crippen LogP contribution >= 0.6 is 18.9 Å². The van der Waals surface area contributed by atoms with Gasteiger partial charge in [-0.15, -0.1) is 11.3 Å². The first-order valence-electron chi connectivity index (χ1n) is 16.5. The number of morpholine rings is 1. The highest BCUT2D eigenvalue weighted by atomic mass is 32.1. The molecule has 0 saturated carbocycles. The number of benzene rings is 1. The molecule has 13 nitrogen and oxygen atoms in total. The molecule has 0 atom stereocenters. The summed E-state index contributed by atoms with van der Waals surface area (Å²) in [5.74, 6) is -0.149. The molecule has 276 valence electrons. The first-order valence-corrected chi connectivity index (χ1v) is 19.0. The van der Waals surface area contributed by atoms with E-state index in [-0.39, 0.29) is 22.1 Å². The lowest BCUT2D eigenvalue weighted by Crippen LogP contribution is -2.55. The van der Waals surface area contributed by atoms with Crippen molar-refractivity contribution < 1.29 is 47.0 Å². The van der Waals surface area contributed by atoms with Gasteiger partial charge in [-0.1, -0.05) is 33.8 Å². The van der Waals surface area contributed by atoms with Crippen LogP contribution in [-0.4, -0.2) is 126 Å². The summed E-state index contributed by atoms with van der Waals surface area (Å²) in [6.45, 7) is 17.1. The number of rotatable bonds is 10. The van der Waals surface area contributed by atoms with Crippen molar-refractivity contribution in [3.8, 4) is 0 Å². The fourth-order valence-electron chi connectivity index (χ4n) is 5.24. The molecule has 3 fully saturated rings. The molecule has 1 aromatic carbocycles. The van der Waals surface area contributed by atoms with Crippen molar-refractivity contribution in [1.82, 2.24) is 19.6 Å². The van der Waals surface area contributed by atoms with E-state index in [0.29, 0.717) is 56.4 Å². The van der Waals surface area contributed by atoms with Gasteiger partial charge in [0.25, 0.3) is 5.91 Å². The number of hydrogen-bond donors (Lipinski definition) is 3. The van der Waals surface area contributed by atoms with E-state index in [1.54, 1.807) is 4.90 Å². The van der Waals surface area contributed by atoms with Crippen LogP contribution in [0.25, 0.3) is 10.1 Å². The van der Waals surface area contributed by atoms with Gasteiger partial charge in [-0.05, 0) is 49.5 Å². The smallest absolute Gasteiger partial charge is 0.378 e. The summed E-state index contributed by atoms with van der Waals surface area (Å²) in [5, 5.41) is 0.282. The van der Waals surface area contributed by atoms with Crippen LogP contribution < -0.4 is 5.73 Å². The van der Waals surface area contributed by atoms with Crippen molar-refractivity contribution in [2.24, 2.45) is 11.7 Å². The Morgan fingerprint density at radius 2 is 1.63 bits per heavy atom. The van der Waals surface area contributed by atoms with Crippen LogP contribution in [0.15, 0.2) is 24.3 Å². The highest BCUT2D eigenvalue weighted by molar-refractivity contribution is 7.52. The number of amides is 4. The van der Waals surface area contributed by atoms with Gasteiger partial charge >= 0.3 is 13.3 Å². The van der Waals surface area contributed by atoms with Crippen molar-refractivity contribution in [1.29, 1.82) is 0 Å². The minimum Gasteiger partial charge on any atom is -0.378 e. The maximum atomic E-state index is 13.5. The topological polar surface area (TPSA) is 174 Å². The molecule has 0 radical (unpaired) electrons. The second kappa shape index (κ2) is 20.0. The number of fused-ring (bicyclic) bond motifs is 1. The van der Waals surface area contributed by atoms with Crippen LogP contribution in [0.5, 0.6) is 0 Å². The zero-order chi connectivity index (χ0) is 36.8. The number of primary amides is 1. The average Bonchev–Trinajstić information content (AvgIpc) is 3.77. The van der Waals surface area contributed by atoms with Gasteiger partial charge < -0.3 is 39.9 Å². The van der Waals surface area contributed by atoms with E-state index >= 15 is 0 Å². The van der Waals surface area contributed by atoms with Crippen LogP contribution in [0, 0.1) is 5.92 Å². The van der Waals surface area contributed by atoms with Crippen LogP contribution in [0.1, 0.15) is 62.2 Å². The van der Waals surface area contributed by atoms with Crippen molar-refractivity contribution in [3.63, 3.8) is 0 Å². The van der Waals surface area contributed by atoms with E-state index in [2.05, 4.69) is 18.7 Å². The van der Waals surface area contributed by atoms with Gasteiger partial charge in [0.05, 0.1) is 24.0 Å². The number of ether oxygens (including phenoxy) is 1. The zero-order valence-electron chi connectivity index (χ0n) is 28.7. The van der Waals surface area contributed by atoms with Crippen LogP contribution in [0.4, 0.5) is 8.78 Å². The Bertz CT molecular complexity index is 1420. The minimum absolute atomic E-state index is 0.0262. The molecule has 3 saturated heterocycles. The van der Waals surface area contributed by atoms with E-state index in [4.69, 9.17) is 20.3 Å². The second-order valence-electron chi connectivity index (χ2n) is 11.4. The van der Waals surface area contributed by atoms with Crippen molar-refractivity contribution >= 4 is 53.2 Å². The number of likely N-dealkylation sites (tertiary alicyclic amines) is 2. The fourth-order valence-corrected chi connectivity index (χ4v) is 6.61. The van der Waals surface area contributed by atoms with Crippen LogP contribution in [0.3, 0.4) is 0 Å². The molecule has 0 aliphatic carbocycles. The molecule has 1 aromatic heterocycles. The predicted molar refractivity (Wildman–Crippen MR) is 184 cm³/mol. The highest BCUT2D eigenvalue weighted by Crippen LogP contribution is 2.59. The molecule has 0 unspecified atom stereocenters. The first kappa shape index (κ1) is 42.2. The number of alkyl halides is 2. The molecule has 3 aliphatic heterocycles. The van der Waals surface area contributed by atoms with Crippen molar-refractivity contribution in [2.75, 3.05) is 72.1 Å². The van der Waals surface area contributed by atoms with E-state index in [1.165, 1.54) is 25.0 Å². The lowest BCUT2D eigenvalue weighted by atomic mass is 9.99. The van der Waals surface area contributed by atoms with Gasteiger partial charge in [-0.3, -0.25) is 23.7 Å². The van der Waals surface area contributed by atoms with Gasteiger partial charge in [0.15, 0.2) is 0 Å². The molecule has 2 aromatic rings. The maximum absolute atomic E-state index is 13.5.